The molecule has 0 aliphatic carbocycles. The molecule has 0 amide bonds. The van der Waals surface area contributed by atoms with E-state index in [1.54, 1.807) is 12.1 Å². The second-order valence-corrected chi connectivity index (χ2v) is 6.16. The zero-order valence-electron chi connectivity index (χ0n) is 11.5. The molecule has 0 saturated carbocycles. The number of ether oxygens (including phenoxy) is 1. The molecule has 0 N–H and O–H groups in total. The van der Waals surface area contributed by atoms with Crippen LogP contribution in [0.2, 0.25) is 0 Å². The van der Waals surface area contributed by atoms with Crippen molar-refractivity contribution in [1.82, 2.24) is 0 Å². The minimum atomic E-state index is -0.261. The highest BCUT2D eigenvalue weighted by molar-refractivity contribution is 5.50. The molecule has 1 aliphatic heterocycles. The largest absolute Gasteiger partial charge is 0.490 e. The number of halogens is 1. The Bertz CT molecular complexity index is 405. The molecule has 18 heavy (non-hydrogen) atoms. The monoisotopic (exact) mass is 251 g/mol. The van der Waals surface area contributed by atoms with E-state index >= 15 is 0 Å². The Kier molecular flexibility index (Phi) is 3.79. The predicted octanol–water partition coefficient (Wildman–Crippen LogP) is 3.85. The van der Waals surface area contributed by atoms with E-state index < -0.39 is 0 Å². The van der Waals surface area contributed by atoms with Gasteiger partial charge in [-0.05, 0) is 30.4 Å². The van der Waals surface area contributed by atoms with Gasteiger partial charge in [0.1, 0.15) is 0 Å². The van der Waals surface area contributed by atoms with Crippen molar-refractivity contribution in [2.45, 2.75) is 33.6 Å². The summed E-state index contributed by atoms with van der Waals surface area (Å²) in [7, 11) is 0. The molecule has 0 radical (unpaired) electrons. The summed E-state index contributed by atoms with van der Waals surface area (Å²) >= 11 is 0. The van der Waals surface area contributed by atoms with Gasteiger partial charge < -0.3 is 9.64 Å². The Morgan fingerprint density at radius 2 is 1.89 bits per heavy atom. The SMILES string of the molecule is CC(C)(C)COc1ccc(N2CCCC2)cc1F. The van der Waals surface area contributed by atoms with Gasteiger partial charge in [-0.1, -0.05) is 20.8 Å². The van der Waals surface area contributed by atoms with Crippen LogP contribution in [-0.4, -0.2) is 19.7 Å². The van der Waals surface area contributed by atoms with Gasteiger partial charge in [-0.25, -0.2) is 4.39 Å². The highest BCUT2D eigenvalue weighted by Gasteiger charge is 2.16. The van der Waals surface area contributed by atoms with Crippen LogP contribution in [0.25, 0.3) is 0 Å². The number of hydrogen-bond acceptors (Lipinski definition) is 2. The van der Waals surface area contributed by atoms with Crippen LogP contribution in [-0.2, 0) is 0 Å². The third kappa shape index (κ3) is 3.37. The maximum atomic E-state index is 13.9. The van der Waals surface area contributed by atoms with Gasteiger partial charge in [0.2, 0.25) is 0 Å². The molecule has 2 rings (SSSR count). The van der Waals surface area contributed by atoms with Crippen LogP contribution < -0.4 is 9.64 Å². The quantitative estimate of drug-likeness (QED) is 0.809. The van der Waals surface area contributed by atoms with Gasteiger partial charge in [-0.3, -0.25) is 0 Å². The Hall–Kier alpha value is -1.25. The number of rotatable bonds is 3. The Balaban J connectivity index is 2.05. The van der Waals surface area contributed by atoms with Gasteiger partial charge in [-0.15, -0.1) is 0 Å². The van der Waals surface area contributed by atoms with Crippen molar-refractivity contribution in [3.05, 3.63) is 24.0 Å². The van der Waals surface area contributed by atoms with Crippen LogP contribution in [0, 0.1) is 11.2 Å². The fraction of sp³-hybridized carbons (Fsp3) is 0.600. The summed E-state index contributed by atoms with van der Waals surface area (Å²) in [5, 5.41) is 0. The van der Waals surface area contributed by atoms with E-state index in [1.807, 2.05) is 6.07 Å². The predicted molar refractivity (Wildman–Crippen MR) is 72.8 cm³/mol. The number of anilines is 1. The summed E-state index contributed by atoms with van der Waals surface area (Å²) in [5.74, 6) is 0.0940. The molecule has 1 aromatic rings. The van der Waals surface area contributed by atoms with E-state index in [4.69, 9.17) is 4.74 Å². The van der Waals surface area contributed by atoms with E-state index in [-0.39, 0.29) is 11.2 Å². The van der Waals surface area contributed by atoms with Crippen molar-refractivity contribution in [2.75, 3.05) is 24.6 Å². The van der Waals surface area contributed by atoms with Crippen molar-refractivity contribution in [2.24, 2.45) is 5.41 Å². The van der Waals surface area contributed by atoms with E-state index in [1.165, 1.54) is 12.8 Å². The molecule has 0 aromatic heterocycles. The summed E-state index contributed by atoms with van der Waals surface area (Å²) in [5.41, 5.74) is 1.01. The lowest BCUT2D eigenvalue weighted by Crippen LogP contribution is -2.19. The van der Waals surface area contributed by atoms with Gasteiger partial charge in [0, 0.05) is 24.8 Å². The standard InChI is InChI=1S/C15H22FNO/c1-15(2,3)11-18-14-7-6-12(10-13(14)16)17-8-4-5-9-17/h6-7,10H,4-5,8-9,11H2,1-3H3. The van der Waals surface area contributed by atoms with E-state index in [0.717, 1.165) is 18.8 Å². The van der Waals surface area contributed by atoms with Crippen LogP contribution in [0.5, 0.6) is 5.75 Å². The lowest BCUT2D eigenvalue weighted by Gasteiger charge is -2.21. The molecule has 0 bridgehead atoms. The Labute approximate surface area is 109 Å². The summed E-state index contributed by atoms with van der Waals surface area (Å²) in [6.07, 6.45) is 2.40. The van der Waals surface area contributed by atoms with Crippen molar-refractivity contribution in [1.29, 1.82) is 0 Å². The minimum Gasteiger partial charge on any atom is -0.490 e. The molecule has 100 valence electrons. The molecule has 1 saturated heterocycles. The van der Waals surface area contributed by atoms with Gasteiger partial charge in [0.15, 0.2) is 11.6 Å². The second kappa shape index (κ2) is 5.17. The van der Waals surface area contributed by atoms with Gasteiger partial charge in [0.25, 0.3) is 0 Å². The second-order valence-electron chi connectivity index (χ2n) is 6.16. The molecular formula is C15H22FNO. The van der Waals surface area contributed by atoms with E-state index in [9.17, 15) is 4.39 Å². The summed E-state index contributed by atoms with van der Waals surface area (Å²) in [6, 6.07) is 5.28. The molecule has 1 aliphatic rings. The number of hydrogen-bond donors (Lipinski definition) is 0. The van der Waals surface area contributed by atoms with Crippen LogP contribution in [0.15, 0.2) is 18.2 Å². The maximum absolute atomic E-state index is 13.9. The molecule has 1 aromatic carbocycles. The Morgan fingerprint density at radius 3 is 2.44 bits per heavy atom. The lowest BCUT2D eigenvalue weighted by atomic mass is 9.99. The van der Waals surface area contributed by atoms with Crippen molar-refractivity contribution in [3.63, 3.8) is 0 Å². The minimum absolute atomic E-state index is 0.0417. The third-order valence-corrected chi connectivity index (χ3v) is 3.05. The zero-order valence-corrected chi connectivity index (χ0v) is 11.5. The summed E-state index contributed by atoms with van der Waals surface area (Å²) in [4.78, 5) is 2.22. The molecule has 3 heteroatoms. The molecule has 0 spiro atoms. The van der Waals surface area contributed by atoms with Gasteiger partial charge in [-0.2, -0.15) is 0 Å². The highest BCUT2D eigenvalue weighted by atomic mass is 19.1. The normalized spacial score (nSPS) is 16.1. The van der Waals surface area contributed by atoms with Crippen molar-refractivity contribution >= 4 is 5.69 Å². The van der Waals surface area contributed by atoms with Crippen LogP contribution in [0.1, 0.15) is 33.6 Å². The van der Waals surface area contributed by atoms with Gasteiger partial charge in [0.05, 0.1) is 6.61 Å². The van der Waals surface area contributed by atoms with Crippen LogP contribution in [0.4, 0.5) is 10.1 Å². The van der Waals surface area contributed by atoms with E-state index in [0.29, 0.717) is 12.4 Å². The average molecular weight is 251 g/mol. The lowest BCUT2D eigenvalue weighted by molar-refractivity contribution is 0.191. The molecule has 1 fully saturated rings. The first-order valence-corrected chi connectivity index (χ1v) is 6.63. The molecular weight excluding hydrogens is 229 g/mol. The zero-order chi connectivity index (χ0) is 13.2. The first kappa shape index (κ1) is 13.2. The molecule has 0 atom stereocenters. The molecule has 0 unspecified atom stereocenters. The van der Waals surface area contributed by atoms with Crippen LogP contribution >= 0.6 is 0 Å². The topological polar surface area (TPSA) is 12.5 Å². The fourth-order valence-electron chi connectivity index (χ4n) is 2.07. The number of benzene rings is 1. The smallest absolute Gasteiger partial charge is 0.167 e. The molecule has 2 nitrogen and oxygen atoms in total. The van der Waals surface area contributed by atoms with E-state index in [2.05, 4.69) is 25.7 Å². The Morgan fingerprint density at radius 1 is 1.22 bits per heavy atom. The summed E-state index contributed by atoms with van der Waals surface area (Å²) in [6.45, 7) is 8.80. The average Bonchev–Trinajstić information content (AvgIpc) is 2.79. The van der Waals surface area contributed by atoms with Gasteiger partial charge >= 0.3 is 0 Å². The van der Waals surface area contributed by atoms with Crippen molar-refractivity contribution < 1.29 is 9.13 Å². The number of nitrogens with zero attached hydrogens (tertiary/aromatic N) is 1. The highest BCUT2D eigenvalue weighted by Crippen LogP contribution is 2.27. The van der Waals surface area contributed by atoms with Crippen LogP contribution in [0.3, 0.4) is 0 Å². The molecule has 1 heterocycles. The first-order valence-electron chi connectivity index (χ1n) is 6.63. The maximum Gasteiger partial charge on any atom is 0.167 e. The fourth-order valence-corrected chi connectivity index (χ4v) is 2.07. The first-order chi connectivity index (χ1) is 8.46. The summed E-state index contributed by atoms with van der Waals surface area (Å²) < 4.78 is 19.5. The third-order valence-electron chi connectivity index (χ3n) is 3.05. The van der Waals surface area contributed by atoms with Crippen molar-refractivity contribution in [3.8, 4) is 5.75 Å².